The molecular weight excluding hydrogens is 282 g/mol. The van der Waals surface area contributed by atoms with Gasteiger partial charge in [-0.25, -0.2) is 4.39 Å². The molecule has 0 fully saturated rings. The number of carbonyl (C=O) groups is 1. The predicted molar refractivity (Wildman–Crippen MR) is 73.2 cm³/mol. The van der Waals surface area contributed by atoms with Crippen LogP contribution in [-0.2, 0) is 4.79 Å². The fraction of sp³-hybridized carbons (Fsp3) is 0.250. The number of hydrogen-bond donors (Lipinski definition) is 0. The Balaban J connectivity index is 2.62. The van der Waals surface area contributed by atoms with Crippen LogP contribution in [0.25, 0.3) is 6.08 Å². The number of carbonyl (C=O) groups excluding carboxylic acids is 1. The van der Waals surface area contributed by atoms with Crippen molar-refractivity contribution < 1.29 is 9.18 Å². The molecule has 0 saturated heterocycles. The van der Waals surface area contributed by atoms with Crippen LogP contribution in [0.5, 0.6) is 0 Å². The van der Waals surface area contributed by atoms with Crippen LogP contribution >= 0.6 is 35.0 Å². The summed E-state index contributed by atoms with van der Waals surface area (Å²) in [5.74, 6) is 0.256. The molecule has 0 radical (unpaired) electrons. The van der Waals surface area contributed by atoms with Gasteiger partial charge in [0.2, 0.25) is 0 Å². The third-order valence-corrected chi connectivity index (χ3v) is 3.39. The van der Waals surface area contributed by atoms with Crippen molar-refractivity contribution >= 4 is 46.2 Å². The second-order valence-electron chi connectivity index (χ2n) is 3.31. The molecule has 1 aromatic rings. The van der Waals surface area contributed by atoms with E-state index < -0.39 is 5.82 Å². The van der Waals surface area contributed by atoms with Gasteiger partial charge in [0.1, 0.15) is 5.82 Å². The Morgan fingerprint density at radius 2 is 2.00 bits per heavy atom. The summed E-state index contributed by atoms with van der Waals surface area (Å²) in [4.78, 5) is 10.7. The highest BCUT2D eigenvalue weighted by Crippen LogP contribution is 2.27. The maximum absolute atomic E-state index is 12.9. The number of allylic oxidation sites excluding steroid dienone is 1. The highest BCUT2D eigenvalue weighted by atomic mass is 35.5. The Hall–Kier alpha value is -0.510. The Bertz CT molecular complexity index is 423. The quantitative estimate of drug-likeness (QED) is 0.741. The average Bonchev–Trinajstić information content (AvgIpc) is 2.20. The van der Waals surface area contributed by atoms with E-state index in [-0.39, 0.29) is 15.2 Å². The summed E-state index contributed by atoms with van der Waals surface area (Å²) >= 11 is 13.0. The highest BCUT2D eigenvalue weighted by molar-refractivity contribution is 8.13. The summed E-state index contributed by atoms with van der Waals surface area (Å²) in [6, 6.07) is 2.44. The van der Waals surface area contributed by atoms with E-state index in [4.69, 9.17) is 23.2 Å². The Morgan fingerprint density at radius 1 is 1.41 bits per heavy atom. The molecule has 0 bridgehead atoms. The molecule has 1 nitrogen and oxygen atoms in total. The van der Waals surface area contributed by atoms with E-state index in [9.17, 15) is 9.18 Å². The van der Waals surface area contributed by atoms with Crippen LogP contribution in [0, 0.1) is 5.82 Å². The van der Waals surface area contributed by atoms with Crippen molar-refractivity contribution in [3.63, 3.8) is 0 Å². The standard InChI is InChI=1S/C12H11Cl2FOS/c1-8(16)17-5-3-2-4-10-11(13)6-9(15)7-12(10)14/h2,4,6-7H,3,5H2,1H3. The molecule has 5 heteroatoms. The van der Waals surface area contributed by atoms with Crippen LogP contribution in [0.2, 0.25) is 10.0 Å². The highest BCUT2D eigenvalue weighted by Gasteiger charge is 2.05. The van der Waals surface area contributed by atoms with Crippen molar-refractivity contribution in [1.82, 2.24) is 0 Å². The normalized spacial score (nSPS) is 11.1. The van der Waals surface area contributed by atoms with Gasteiger partial charge in [0, 0.05) is 18.2 Å². The zero-order valence-electron chi connectivity index (χ0n) is 9.17. The molecule has 0 spiro atoms. The van der Waals surface area contributed by atoms with Crippen LogP contribution in [0.1, 0.15) is 18.9 Å². The van der Waals surface area contributed by atoms with E-state index in [0.29, 0.717) is 11.3 Å². The van der Waals surface area contributed by atoms with Gasteiger partial charge in [0.25, 0.3) is 0 Å². The minimum atomic E-state index is -0.454. The third kappa shape index (κ3) is 5.11. The number of rotatable bonds is 4. The fourth-order valence-electron chi connectivity index (χ4n) is 1.18. The Labute approximate surface area is 114 Å². The molecule has 0 amide bonds. The fourth-order valence-corrected chi connectivity index (χ4v) is 2.31. The van der Waals surface area contributed by atoms with Gasteiger partial charge in [-0.3, -0.25) is 4.79 Å². The lowest BCUT2D eigenvalue weighted by molar-refractivity contribution is -0.109. The van der Waals surface area contributed by atoms with Crippen LogP contribution in [0.4, 0.5) is 4.39 Å². The first-order chi connectivity index (χ1) is 8.00. The summed E-state index contributed by atoms with van der Waals surface area (Å²) in [7, 11) is 0. The molecule has 0 N–H and O–H groups in total. The van der Waals surface area contributed by atoms with Gasteiger partial charge in [0.15, 0.2) is 5.12 Å². The first kappa shape index (κ1) is 14.6. The molecule has 1 aromatic carbocycles. The van der Waals surface area contributed by atoms with Crippen LogP contribution in [0.15, 0.2) is 18.2 Å². The van der Waals surface area contributed by atoms with E-state index in [1.54, 1.807) is 6.08 Å². The number of halogens is 3. The predicted octanol–water partition coefficient (Wildman–Crippen LogP) is 4.82. The molecule has 0 aliphatic rings. The Kier molecular flexibility index (Phi) is 6.03. The SMILES string of the molecule is CC(=O)SCCC=Cc1c(Cl)cc(F)cc1Cl. The summed E-state index contributed by atoms with van der Waals surface area (Å²) in [6.07, 6.45) is 4.33. The van der Waals surface area contributed by atoms with Gasteiger partial charge in [-0.1, -0.05) is 47.1 Å². The maximum Gasteiger partial charge on any atom is 0.185 e. The zero-order valence-corrected chi connectivity index (χ0v) is 11.5. The minimum absolute atomic E-state index is 0.0937. The smallest absolute Gasteiger partial charge is 0.185 e. The van der Waals surface area contributed by atoms with Crippen molar-refractivity contribution in [2.24, 2.45) is 0 Å². The van der Waals surface area contributed by atoms with Gasteiger partial charge in [0.05, 0.1) is 10.0 Å². The lowest BCUT2D eigenvalue weighted by Gasteiger charge is -2.01. The van der Waals surface area contributed by atoms with Crippen molar-refractivity contribution in [1.29, 1.82) is 0 Å². The largest absolute Gasteiger partial charge is 0.288 e. The number of hydrogen-bond acceptors (Lipinski definition) is 2. The number of thioether (sulfide) groups is 1. The van der Waals surface area contributed by atoms with Crippen molar-refractivity contribution in [3.05, 3.63) is 39.6 Å². The molecule has 17 heavy (non-hydrogen) atoms. The van der Waals surface area contributed by atoms with Crippen molar-refractivity contribution in [2.45, 2.75) is 13.3 Å². The number of benzene rings is 1. The first-order valence-electron chi connectivity index (χ1n) is 4.95. The van der Waals surface area contributed by atoms with Gasteiger partial charge >= 0.3 is 0 Å². The van der Waals surface area contributed by atoms with Crippen LogP contribution in [-0.4, -0.2) is 10.9 Å². The molecule has 92 valence electrons. The van der Waals surface area contributed by atoms with E-state index in [1.807, 2.05) is 6.08 Å². The van der Waals surface area contributed by atoms with Crippen LogP contribution in [0.3, 0.4) is 0 Å². The second-order valence-corrected chi connectivity index (χ2v) is 5.40. The molecular formula is C12H11Cl2FOS. The van der Waals surface area contributed by atoms with Gasteiger partial charge in [-0.05, 0) is 18.6 Å². The van der Waals surface area contributed by atoms with E-state index in [0.717, 1.165) is 6.42 Å². The summed E-state index contributed by atoms with van der Waals surface area (Å²) in [6.45, 7) is 1.53. The molecule has 0 unspecified atom stereocenters. The van der Waals surface area contributed by atoms with Crippen LogP contribution < -0.4 is 0 Å². The monoisotopic (exact) mass is 292 g/mol. The van der Waals surface area contributed by atoms with Gasteiger partial charge in [-0.2, -0.15) is 0 Å². The summed E-state index contributed by atoms with van der Waals surface area (Å²) in [5, 5.41) is 0.659. The molecule has 0 aliphatic carbocycles. The van der Waals surface area contributed by atoms with Crippen molar-refractivity contribution in [3.8, 4) is 0 Å². The zero-order chi connectivity index (χ0) is 12.8. The molecule has 0 aliphatic heterocycles. The summed E-state index contributed by atoms with van der Waals surface area (Å²) < 4.78 is 12.9. The van der Waals surface area contributed by atoms with E-state index in [2.05, 4.69) is 0 Å². The van der Waals surface area contributed by atoms with E-state index >= 15 is 0 Å². The maximum atomic E-state index is 12.9. The molecule has 0 aromatic heterocycles. The van der Waals surface area contributed by atoms with E-state index in [1.165, 1.54) is 30.8 Å². The molecule has 0 saturated carbocycles. The lowest BCUT2D eigenvalue weighted by atomic mass is 10.2. The second kappa shape index (κ2) is 7.04. The molecule has 1 rings (SSSR count). The molecule has 0 atom stereocenters. The Morgan fingerprint density at radius 3 is 2.53 bits per heavy atom. The minimum Gasteiger partial charge on any atom is -0.288 e. The first-order valence-corrected chi connectivity index (χ1v) is 6.69. The summed E-state index contributed by atoms with van der Waals surface area (Å²) in [5.41, 5.74) is 0.600. The topological polar surface area (TPSA) is 17.1 Å². The van der Waals surface area contributed by atoms with Gasteiger partial charge in [-0.15, -0.1) is 0 Å². The lowest BCUT2D eigenvalue weighted by Crippen LogP contribution is -1.85. The van der Waals surface area contributed by atoms with Gasteiger partial charge < -0.3 is 0 Å². The average molecular weight is 293 g/mol. The third-order valence-electron chi connectivity index (χ3n) is 1.92. The molecule has 0 heterocycles. The van der Waals surface area contributed by atoms with Crippen molar-refractivity contribution in [2.75, 3.05) is 5.75 Å².